The predicted octanol–water partition coefficient (Wildman–Crippen LogP) is 3.57. The van der Waals surface area contributed by atoms with Gasteiger partial charge in [0.05, 0.1) is 0 Å². The molecule has 1 aliphatic rings. The zero-order valence-electron chi connectivity index (χ0n) is 17.4. The number of benzene rings is 1. The Balaban J connectivity index is 1.67. The number of thiazole rings is 1. The number of nitrogens with zero attached hydrogens (tertiary/aromatic N) is 2. The number of nitrogens with one attached hydrogen (secondary N) is 2. The normalized spacial score (nSPS) is 13.8. The molecule has 0 atom stereocenters. The molecule has 1 saturated carbocycles. The van der Waals surface area contributed by atoms with Gasteiger partial charge in [-0.05, 0) is 43.9 Å². The van der Waals surface area contributed by atoms with Crippen molar-refractivity contribution in [1.82, 2.24) is 10.3 Å². The number of aromatic nitrogens is 1. The highest BCUT2D eigenvalue weighted by molar-refractivity contribution is 7.13. The van der Waals surface area contributed by atoms with Gasteiger partial charge in [-0.25, -0.2) is 4.98 Å². The number of amides is 3. The van der Waals surface area contributed by atoms with Gasteiger partial charge in [-0.15, -0.1) is 11.3 Å². The summed E-state index contributed by atoms with van der Waals surface area (Å²) in [5.41, 5.74) is 2.71. The second-order valence-corrected chi connectivity index (χ2v) is 8.53. The molecule has 0 unspecified atom stereocenters. The lowest BCUT2D eigenvalue weighted by atomic mass is 10.1. The predicted molar refractivity (Wildman–Crippen MR) is 119 cm³/mol. The van der Waals surface area contributed by atoms with Gasteiger partial charge in [0.1, 0.15) is 6.54 Å². The summed E-state index contributed by atoms with van der Waals surface area (Å²) < 4.78 is 0. The van der Waals surface area contributed by atoms with Crippen LogP contribution in [-0.2, 0) is 14.4 Å². The van der Waals surface area contributed by atoms with Gasteiger partial charge < -0.3 is 15.5 Å². The van der Waals surface area contributed by atoms with Crippen LogP contribution < -0.4 is 15.5 Å². The smallest absolute Gasteiger partial charge is 0.240 e. The molecular formula is C22H28N4O3S. The number of anilines is 2. The van der Waals surface area contributed by atoms with Crippen LogP contribution in [0.15, 0.2) is 29.8 Å². The Kier molecular flexibility index (Phi) is 7.57. The van der Waals surface area contributed by atoms with E-state index in [0.717, 1.165) is 36.8 Å². The summed E-state index contributed by atoms with van der Waals surface area (Å²) in [6.07, 6.45) is 5.87. The van der Waals surface area contributed by atoms with Gasteiger partial charge >= 0.3 is 0 Å². The molecule has 3 rings (SSSR count). The van der Waals surface area contributed by atoms with Crippen LogP contribution in [0.4, 0.5) is 10.8 Å². The van der Waals surface area contributed by atoms with Crippen molar-refractivity contribution < 1.29 is 14.4 Å². The van der Waals surface area contributed by atoms with Crippen molar-refractivity contribution in [2.24, 2.45) is 0 Å². The molecule has 3 amide bonds. The van der Waals surface area contributed by atoms with Gasteiger partial charge in [-0.2, -0.15) is 0 Å². The maximum atomic E-state index is 13.0. The third-order valence-corrected chi connectivity index (χ3v) is 6.12. The van der Waals surface area contributed by atoms with Crippen LogP contribution in [0.25, 0.3) is 0 Å². The lowest BCUT2D eigenvalue weighted by Gasteiger charge is -2.25. The molecular weight excluding hydrogens is 400 g/mol. The zero-order chi connectivity index (χ0) is 21.5. The van der Waals surface area contributed by atoms with Crippen LogP contribution in [0, 0.1) is 13.8 Å². The minimum absolute atomic E-state index is 0.0152. The molecule has 8 heteroatoms. The Morgan fingerprint density at radius 1 is 1.13 bits per heavy atom. The molecule has 1 fully saturated rings. The second-order valence-electron chi connectivity index (χ2n) is 7.63. The Morgan fingerprint density at radius 3 is 2.60 bits per heavy atom. The summed E-state index contributed by atoms with van der Waals surface area (Å²) in [7, 11) is 0. The van der Waals surface area contributed by atoms with Crippen molar-refractivity contribution in [3.8, 4) is 0 Å². The van der Waals surface area contributed by atoms with Crippen LogP contribution in [0.2, 0.25) is 0 Å². The fraction of sp³-hybridized carbons (Fsp3) is 0.455. The van der Waals surface area contributed by atoms with Gasteiger partial charge in [-0.3, -0.25) is 14.4 Å². The van der Waals surface area contributed by atoms with Crippen molar-refractivity contribution in [3.05, 3.63) is 40.9 Å². The largest absolute Gasteiger partial charge is 0.352 e. The minimum Gasteiger partial charge on any atom is -0.352 e. The molecule has 7 nitrogen and oxygen atoms in total. The number of hydrogen-bond acceptors (Lipinski definition) is 5. The highest BCUT2D eigenvalue weighted by Gasteiger charge is 2.24. The molecule has 0 spiro atoms. The molecule has 1 heterocycles. The maximum Gasteiger partial charge on any atom is 0.240 e. The molecule has 0 bridgehead atoms. The Morgan fingerprint density at radius 2 is 1.90 bits per heavy atom. The van der Waals surface area contributed by atoms with Gasteiger partial charge in [0.25, 0.3) is 0 Å². The van der Waals surface area contributed by atoms with Gasteiger partial charge in [-0.1, -0.05) is 25.0 Å². The van der Waals surface area contributed by atoms with E-state index in [1.807, 2.05) is 32.0 Å². The first-order valence-corrected chi connectivity index (χ1v) is 11.2. The highest BCUT2D eigenvalue weighted by atomic mass is 32.1. The Labute approximate surface area is 180 Å². The lowest BCUT2D eigenvalue weighted by Crippen LogP contribution is -2.44. The van der Waals surface area contributed by atoms with E-state index in [4.69, 9.17) is 0 Å². The maximum absolute atomic E-state index is 13.0. The quantitative estimate of drug-likeness (QED) is 0.672. The molecule has 1 aliphatic carbocycles. The number of hydrogen-bond donors (Lipinski definition) is 2. The van der Waals surface area contributed by atoms with Crippen LogP contribution in [-0.4, -0.2) is 35.3 Å². The van der Waals surface area contributed by atoms with Crippen LogP contribution >= 0.6 is 11.3 Å². The van der Waals surface area contributed by atoms with Crippen LogP contribution in [0.3, 0.4) is 0 Å². The van der Waals surface area contributed by atoms with E-state index in [1.165, 1.54) is 16.2 Å². The molecule has 0 saturated heterocycles. The Bertz CT molecular complexity index is 892. The monoisotopic (exact) mass is 428 g/mol. The third kappa shape index (κ3) is 5.89. The summed E-state index contributed by atoms with van der Waals surface area (Å²) in [5.74, 6) is -0.683. The zero-order valence-corrected chi connectivity index (χ0v) is 18.3. The fourth-order valence-corrected chi connectivity index (χ4v) is 4.19. The van der Waals surface area contributed by atoms with Crippen molar-refractivity contribution in [2.75, 3.05) is 16.8 Å². The minimum atomic E-state index is -0.269. The van der Waals surface area contributed by atoms with Crippen molar-refractivity contribution in [1.29, 1.82) is 0 Å². The Hall–Kier alpha value is -2.74. The fourth-order valence-electron chi connectivity index (χ4n) is 3.65. The van der Waals surface area contributed by atoms with E-state index < -0.39 is 0 Å². The summed E-state index contributed by atoms with van der Waals surface area (Å²) >= 11 is 1.32. The number of aryl methyl sites for hydroxylation is 1. The average Bonchev–Trinajstić information content (AvgIpc) is 3.41. The molecule has 30 heavy (non-hydrogen) atoms. The van der Waals surface area contributed by atoms with Crippen molar-refractivity contribution >= 4 is 39.9 Å². The standard InChI is InChI=1S/C22H28N4O3S/c1-15-6-5-9-18(16(15)2)26(14-20(28)24-17-7-3-4-8-17)21(29)11-10-19(27)25-22-23-12-13-30-22/h5-6,9,12-13,17H,3-4,7-8,10-11,14H2,1-2H3,(H,24,28)(H,23,25,27). The van der Waals surface area contributed by atoms with Crippen LogP contribution in [0.5, 0.6) is 0 Å². The first-order valence-electron chi connectivity index (χ1n) is 10.3. The van der Waals surface area contributed by atoms with Crippen molar-refractivity contribution in [3.63, 3.8) is 0 Å². The summed E-state index contributed by atoms with van der Waals surface area (Å²) in [6.45, 7) is 3.87. The second kappa shape index (κ2) is 10.3. The molecule has 160 valence electrons. The SMILES string of the molecule is Cc1cccc(N(CC(=O)NC2CCCC2)C(=O)CCC(=O)Nc2nccs2)c1C. The summed E-state index contributed by atoms with van der Waals surface area (Å²) in [4.78, 5) is 43.4. The topological polar surface area (TPSA) is 91.4 Å². The van der Waals surface area contributed by atoms with E-state index in [-0.39, 0.29) is 43.1 Å². The molecule has 2 N–H and O–H groups in total. The molecule has 0 radical (unpaired) electrons. The number of carbonyl (C=O) groups is 3. The van der Waals surface area contributed by atoms with Gasteiger partial charge in [0.15, 0.2) is 5.13 Å². The van der Waals surface area contributed by atoms with E-state index in [9.17, 15) is 14.4 Å². The number of carbonyl (C=O) groups excluding carboxylic acids is 3. The molecule has 1 aromatic heterocycles. The first kappa shape index (κ1) is 22.0. The van der Waals surface area contributed by atoms with E-state index >= 15 is 0 Å². The lowest BCUT2D eigenvalue weighted by molar-refractivity contribution is -0.125. The third-order valence-electron chi connectivity index (χ3n) is 5.43. The molecule has 2 aromatic rings. The number of rotatable bonds is 8. The molecule has 0 aliphatic heterocycles. The van der Waals surface area contributed by atoms with Gasteiger partial charge in [0.2, 0.25) is 17.7 Å². The van der Waals surface area contributed by atoms with E-state index in [0.29, 0.717) is 10.8 Å². The summed E-state index contributed by atoms with van der Waals surface area (Å²) in [6, 6.07) is 5.89. The highest BCUT2D eigenvalue weighted by Crippen LogP contribution is 2.24. The van der Waals surface area contributed by atoms with E-state index in [1.54, 1.807) is 11.6 Å². The molecule has 1 aromatic carbocycles. The summed E-state index contributed by atoms with van der Waals surface area (Å²) in [5, 5.41) is 8.01. The van der Waals surface area contributed by atoms with Crippen molar-refractivity contribution in [2.45, 2.75) is 58.4 Å². The van der Waals surface area contributed by atoms with E-state index in [2.05, 4.69) is 15.6 Å². The average molecular weight is 429 g/mol. The van der Waals surface area contributed by atoms with Crippen LogP contribution in [0.1, 0.15) is 49.7 Å². The van der Waals surface area contributed by atoms with Gasteiger partial charge in [0, 0.05) is 36.1 Å². The first-order chi connectivity index (χ1) is 14.4.